The first kappa shape index (κ1) is 17.9. The maximum atomic E-state index is 5.31. The van der Waals surface area contributed by atoms with Gasteiger partial charge in [-0.1, -0.05) is 6.92 Å². The van der Waals surface area contributed by atoms with Crippen molar-refractivity contribution in [3.8, 4) is 0 Å². The highest BCUT2D eigenvalue weighted by molar-refractivity contribution is 7.09. The average Bonchev–Trinajstić information content (AvgIpc) is 2.97. The molecular formula is C15H28N4OS. The number of aliphatic imine (C=N–C) groups is 1. The van der Waals surface area contributed by atoms with Crippen molar-refractivity contribution in [1.29, 1.82) is 0 Å². The molecule has 0 aliphatic rings. The first-order valence-corrected chi connectivity index (χ1v) is 8.63. The lowest BCUT2D eigenvalue weighted by atomic mass is 10.3. The number of hydrogen-bond acceptors (Lipinski definition) is 4. The number of unbranched alkanes of at least 4 members (excludes halogenated alkanes) is 1. The first-order chi connectivity index (χ1) is 10.3. The topological polar surface area (TPSA) is 58.5 Å². The van der Waals surface area contributed by atoms with Crippen molar-refractivity contribution in [2.24, 2.45) is 4.99 Å². The van der Waals surface area contributed by atoms with Gasteiger partial charge in [0.2, 0.25) is 0 Å². The summed E-state index contributed by atoms with van der Waals surface area (Å²) >= 11 is 1.74. The van der Waals surface area contributed by atoms with Gasteiger partial charge < -0.3 is 15.4 Å². The minimum atomic E-state index is 0.799. The van der Waals surface area contributed by atoms with Gasteiger partial charge in [0.05, 0.1) is 10.7 Å². The van der Waals surface area contributed by atoms with Crippen LogP contribution in [0.15, 0.2) is 10.4 Å². The van der Waals surface area contributed by atoms with Gasteiger partial charge in [0.1, 0.15) is 0 Å². The first-order valence-electron chi connectivity index (χ1n) is 7.75. The highest BCUT2D eigenvalue weighted by atomic mass is 32.1. The van der Waals surface area contributed by atoms with Crippen LogP contribution in [-0.2, 0) is 17.6 Å². The molecule has 0 bridgehead atoms. The summed E-state index contributed by atoms with van der Waals surface area (Å²) in [5.41, 5.74) is 1.16. The second-order valence-corrected chi connectivity index (χ2v) is 5.61. The molecule has 0 atom stereocenters. The van der Waals surface area contributed by atoms with Crippen LogP contribution in [0, 0.1) is 0 Å². The van der Waals surface area contributed by atoms with Gasteiger partial charge >= 0.3 is 0 Å². The van der Waals surface area contributed by atoms with Crippen LogP contribution in [0.25, 0.3) is 0 Å². The van der Waals surface area contributed by atoms with Crippen LogP contribution in [0.4, 0.5) is 0 Å². The molecule has 1 aromatic rings. The van der Waals surface area contributed by atoms with Gasteiger partial charge in [-0.05, 0) is 26.2 Å². The van der Waals surface area contributed by atoms with Gasteiger partial charge in [0, 0.05) is 45.2 Å². The zero-order valence-electron chi connectivity index (χ0n) is 13.4. The summed E-state index contributed by atoms with van der Waals surface area (Å²) in [7, 11) is 1.80. The Labute approximate surface area is 132 Å². The van der Waals surface area contributed by atoms with Gasteiger partial charge in [-0.3, -0.25) is 4.99 Å². The Morgan fingerprint density at radius 3 is 2.76 bits per heavy atom. The molecule has 0 radical (unpaired) electrons. The Balaban J connectivity index is 2.11. The van der Waals surface area contributed by atoms with Gasteiger partial charge in [0.25, 0.3) is 0 Å². The Morgan fingerprint density at radius 1 is 1.29 bits per heavy atom. The molecule has 1 rings (SSSR count). The minimum Gasteiger partial charge on any atom is -0.382 e. The van der Waals surface area contributed by atoms with Crippen molar-refractivity contribution in [2.45, 2.75) is 39.5 Å². The van der Waals surface area contributed by atoms with Crippen LogP contribution in [0.2, 0.25) is 0 Å². The van der Waals surface area contributed by atoms with Gasteiger partial charge in [-0.2, -0.15) is 0 Å². The van der Waals surface area contributed by atoms with Crippen LogP contribution < -0.4 is 10.6 Å². The van der Waals surface area contributed by atoms with Crippen LogP contribution in [0.5, 0.6) is 0 Å². The molecule has 21 heavy (non-hydrogen) atoms. The molecule has 0 aliphatic carbocycles. The number of ether oxygens (including phenoxy) is 1. The van der Waals surface area contributed by atoms with Crippen LogP contribution >= 0.6 is 11.3 Å². The van der Waals surface area contributed by atoms with Crippen molar-refractivity contribution >= 4 is 17.3 Å². The molecule has 0 fully saturated rings. The largest absolute Gasteiger partial charge is 0.382 e. The third kappa shape index (κ3) is 8.02. The Hall–Kier alpha value is -1.14. The van der Waals surface area contributed by atoms with Crippen molar-refractivity contribution in [2.75, 3.05) is 33.4 Å². The number of hydrogen-bond donors (Lipinski definition) is 2. The smallest absolute Gasteiger partial charge is 0.190 e. The quantitative estimate of drug-likeness (QED) is 0.395. The number of rotatable bonds is 10. The lowest BCUT2D eigenvalue weighted by Crippen LogP contribution is -2.38. The molecule has 120 valence electrons. The third-order valence-corrected chi connectivity index (χ3v) is 4.05. The molecule has 0 amide bonds. The van der Waals surface area contributed by atoms with Gasteiger partial charge in [0.15, 0.2) is 5.96 Å². The second-order valence-electron chi connectivity index (χ2n) is 4.67. The number of nitrogens with one attached hydrogen (secondary N) is 2. The van der Waals surface area contributed by atoms with Gasteiger partial charge in [-0.25, -0.2) is 4.98 Å². The predicted octanol–water partition coefficient (Wildman–Crippen LogP) is 2.23. The van der Waals surface area contributed by atoms with Crippen molar-refractivity contribution < 1.29 is 4.74 Å². The van der Waals surface area contributed by atoms with Crippen LogP contribution in [-0.4, -0.2) is 44.3 Å². The van der Waals surface area contributed by atoms with Gasteiger partial charge in [-0.15, -0.1) is 11.3 Å². The lowest BCUT2D eigenvalue weighted by molar-refractivity contribution is 0.143. The van der Waals surface area contributed by atoms with E-state index in [-0.39, 0.29) is 0 Å². The number of nitrogens with zero attached hydrogens (tertiary/aromatic N) is 2. The highest BCUT2D eigenvalue weighted by Crippen LogP contribution is 2.10. The molecule has 0 unspecified atom stereocenters. The third-order valence-electron chi connectivity index (χ3n) is 3.01. The van der Waals surface area contributed by atoms with E-state index >= 15 is 0 Å². The summed E-state index contributed by atoms with van der Waals surface area (Å²) in [5.74, 6) is 0.859. The second kappa shape index (κ2) is 11.5. The summed E-state index contributed by atoms with van der Waals surface area (Å²) in [4.78, 5) is 8.78. The molecule has 0 aromatic carbocycles. The summed E-state index contributed by atoms with van der Waals surface area (Å²) in [6, 6.07) is 0. The Morgan fingerprint density at radius 2 is 2.10 bits per heavy atom. The number of thiazole rings is 1. The van der Waals surface area contributed by atoms with E-state index in [0.29, 0.717) is 0 Å². The molecule has 0 aliphatic heterocycles. The van der Waals surface area contributed by atoms with E-state index in [1.807, 2.05) is 6.92 Å². The Kier molecular flexibility index (Phi) is 9.82. The van der Waals surface area contributed by atoms with E-state index in [0.717, 1.165) is 63.6 Å². The van der Waals surface area contributed by atoms with E-state index < -0.39 is 0 Å². The molecule has 0 saturated heterocycles. The van der Waals surface area contributed by atoms with Crippen molar-refractivity contribution in [3.63, 3.8) is 0 Å². The molecule has 6 heteroatoms. The van der Waals surface area contributed by atoms with E-state index in [1.165, 1.54) is 5.01 Å². The summed E-state index contributed by atoms with van der Waals surface area (Å²) in [5, 5.41) is 9.99. The summed E-state index contributed by atoms with van der Waals surface area (Å²) < 4.78 is 5.31. The fourth-order valence-electron chi connectivity index (χ4n) is 1.84. The zero-order valence-corrected chi connectivity index (χ0v) is 14.3. The monoisotopic (exact) mass is 312 g/mol. The SMILES string of the molecule is CCOCCCCNC(=NC)NCCc1csc(CC)n1. The molecule has 0 saturated carbocycles. The highest BCUT2D eigenvalue weighted by Gasteiger charge is 2.01. The number of guanidine groups is 1. The van der Waals surface area contributed by atoms with E-state index in [9.17, 15) is 0 Å². The van der Waals surface area contributed by atoms with E-state index in [4.69, 9.17) is 4.74 Å². The predicted molar refractivity (Wildman–Crippen MR) is 90.3 cm³/mol. The average molecular weight is 312 g/mol. The molecule has 5 nitrogen and oxygen atoms in total. The van der Waals surface area contributed by atoms with Crippen molar-refractivity contribution in [3.05, 3.63) is 16.1 Å². The van der Waals surface area contributed by atoms with E-state index in [2.05, 4.69) is 32.9 Å². The normalized spacial score (nSPS) is 11.7. The zero-order chi connectivity index (χ0) is 15.3. The molecule has 1 heterocycles. The minimum absolute atomic E-state index is 0.799. The maximum absolute atomic E-state index is 5.31. The maximum Gasteiger partial charge on any atom is 0.190 e. The van der Waals surface area contributed by atoms with Crippen molar-refractivity contribution in [1.82, 2.24) is 15.6 Å². The number of aryl methyl sites for hydroxylation is 1. The molecule has 0 spiro atoms. The van der Waals surface area contributed by atoms with E-state index in [1.54, 1.807) is 18.4 Å². The number of aromatic nitrogens is 1. The Bertz CT molecular complexity index is 406. The summed E-state index contributed by atoms with van der Waals surface area (Å²) in [6.45, 7) is 7.57. The van der Waals surface area contributed by atoms with Crippen LogP contribution in [0.3, 0.4) is 0 Å². The fraction of sp³-hybridized carbons (Fsp3) is 0.733. The lowest BCUT2D eigenvalue weighted by Gasteiger charge is -2.11. The molecule has 1 aromatic heterocycles. The molecular weight excluding hydrogens is 284 g/mol. The van der Waals surface area contributed by atoms with Crippen LogP contribution in [0.1, 0.15) is 37.4 Å². The fourth-order valence-corrected chi connectivity index (χ4v) is 2.62. The summed E-state index contributed by atoms with van der Waals surface area (Å²) in [6.07, 6.45) is 4.12. The molecule has 2 N–H and O–H groups in total. The standard InChI is InChI=1S/C15H28N4OS/c1-4-14-19-13(12-21-14)8-10-18-15(16-3)17-9-6-7-11-20-5-2/h12H,4-11H2,1-3H3,(H2,16,17,18).